The summed E-state index contributed by atoms with van der Waals surface area (Å²) >= 11 is 5.94. The number of hydrogen-bond donors (Lipinski definition) is 1. The summed E-state index contributed by atoms with van der Waals surface area (Å²) < 4.78 is 0. The number of rotatable bonds is 1. The van der Waals surface area contributed by atoms with Gasteiger partial charge < -0.3 is 4.90 Å². The van der Waals surface area contributed by atoms with Gasteiger partial charge in [0.05, 0.1) is 10.6 Å². The maximum Gasteiger partial charge on any atom is 0.101 e. The molecule has 2 rings (SSSR count). The molecule has 1 aliphatic rings. The Morgan fingerprint density at radius 3 is 2.80 bits per heavy atom. The van der Waals surface area contributed by atoms with Gasteiger partial charge in [-0.1, -0.05) is 11.6 Å². The molecule has 0 aliphatic carbocycles. The molecule has 1 aromatic carbocycles. The van der Waals surface area contributed by atoms with Gasteiger partial charge in [0.2, 0.25) is 0 Å². The first-order valence-electron chi connectivity index (χ1n) is 4.77. The number of halogens is 1. The summed E-state index contributed by atoms with van der Waals surface area (Å²) in [6.45, 7) is 0.862. The lowest BCUT2D eigenvalue weighted by Gasteiger charge is -2.18. The van der Waals surface area contributed by atoms with Gasteiger partial charge in [-0.2, -0.15) is 5.26 Å². The fourth-order valence-electron chi connectivity index (χ4n) is 1.72. The first-order chi connectivity index (χ1) is 7.22. The van der Waals surface area contributed by atoms with E-state index in [1.54, 1.807) is 12.1 Å². The van der Waals surface area contributed by atoms with Gasteiger partial charge in [-0.25, -0.2) is 0 Å². The molecule has 0 unspecified atom stereocenters. The zero-order valence-electron chi connectivity index (χ0n) is 8.13. The van der Waals surface area contributed by atoms with Crippen molar-refractivity contribution in [2.45, 2.75) is 12.8 Å². The van der Waals surface area contributed by atoms with Crippen molar-refractivity contribution in [3.05, 3.63) is 28.8 Å². The highest BCUT2D eigenvalue weighted by Crippen LogP contribution is 2.26. The lowest BCUT2D eigenvalue weighted by atomic mass is 10.2. The van der Waals surface area contributed by atoms with Crippen molar-refractivity contribution < 1.29 is 0 Å². The predicted octanol–water partition coefficient (Wildman–Crippen LogP) is 2.79. The molecule has 1 aromatic rings. The number of nitrogens with one attached hydrogen (secondary N) is 1. The summed E-state index contributed by atoms with van der Waals surface area (Å²) in [4.78, 5) is 1.92. The average Bonchev–Trinajstić information content (AvgIpc) is 2.64. The summed E-state index contributed by atoms with van der Waals surface area (Å²) in [6.07, 6.45) is 1.83. The third-order valence-electron chi connectivity index (χ3n) is 2.51. The Kier molecular flexibility index (Phi) is 2.61. The highest BCUT2D eigenvalue weighted by Gasteiger charge is 2.18. The summed E-state index contributed by atoms with van der Waals surface area (Å²) in [5.74, 6) is 0.621. The van der Waals surface area contributed by atoms with Crippen LogP contribution in [0, 0.1) is 16.7 Å². The second-order valence-electron chi connectivity index (χ2n) is 3.48. The van der Waals surface area contributed by atoms with E-state index in [0.29, 0.717) is 16.4 Å². The van der Waals surface area contributed by atoms with Crippen molar-refractivity contribution in [1.82, 2.24) is 0 Å². The Balaban J connectivity index is 2.34. The molecular formula is C11H10ClN3. The van der Waals surface area contributed by atoms with Crippen LogP contribution in [-0.4, -0.2) is 12.4 Å². The zero-order valence-corrected chi connectivity index (χ0v) is 8.88. The van der Waals surface area contributed by atoms with E-state index in [2.05, 4.69) is 0 Å². The molecule has 15 heavy (non-hydrogen) atoms. The van der Waals surface area contributed by atoms with Crippen molar-refractivity contribution in [3.63, 3.8) is 0 Å². The van der Waals surface area contributed by atoms with E-state index in [1.807, 2.05) is 17.0 Å². The quantitative estimate of drug-likeness (QED) is 0.790. The molecule has 3 nitrogen and oxygen atoms in total. The fraction of sp³-hybridized carbons (Fsp3) is 0.273. The van der Waals surface area contributed by atoms with Crippen LogP contribution >= 0.6 is 11.6 Å². The Hall–Kier alpha value is -1.53. The molecule has 76 valence electrons. The number of benzene rings is 1. The maximum atomic E-state index is 8.74. The molecule has 4 heteroatoms. The largest absolute Gasteiger partial charge is 0.330 e. The Bertz CT molecular complexity index is 448. The van der Waals surface area contributed by atoms with E-state index >= 15 is 0 Å². The third kappa shape index (κ3) is 1.81. The highest BCUT2D eigenvalue weighted by atomic mass is 35.5. The number of nitriles is 1. The maximum absolute atomic E-state index is 8.74. The molecule has 0 saturated carbocycles. The molecule has 1 fully saturated rings. The standard InChI is InChI=1S/C11H10ClN3/c12-10-6-9(4-3-8(10)7-13)15-5-1-2-11(15)14/h3-4,6,14H,1-2,5H2. The minimum absolute atomic E-state index is 0.453. The van der Waals surface area contributed by atoms with Crippen LogP contribution in [-0.2, 0) is 0 Å². The monoisotopic (exact) mass is 219 g/mol. The highest BCUT2D eigenvalue weighted by molar-refractivity contribution is 6.32. The lowest BCUT2D eigenvalue weighted by Crippen LogP contribution is -2.22. The van der Waals surface area contributed by atoms with Crippen molar-refractivity contribution in [1.29, 1.82) is 10.7 Å². The SMILES string of the molecule is N#Cc1ccc(N2CCCC2=N)cc1Cl. The molecule has 1 N–H and O–H groups in total. The van der Waals surface area contributed by atoms with Gasteiger partial charge in [0.25, 0.3) is 0 Å². The van der Waals surface area contributed by atoms with Crippen LogP contribution in [0.4, 0.5) is 5.69 Å². The van der Waals surface area contributed by atoms with E-state index < -0.39 is 0 Å². The lowest BCUT2D eigenvalue weighted by molar-refractivity contribution is 0.956. The van der Waals surface area contributed by atoms with Gasteiger partial charge in [-0.3, -0.25) is 5.41 Å². The number of nitrogens with zero attached hydrogens (tertiary/aromatic N) is 2. The number of hydrogen-bond acceptors (Lipinski definition) is 2. The van der Waals surface area contributed by atoms with Crippen LogP contribution in [0.1, 0.15) is 18.4 Å². The molecule has 0 spiro atoms. The van der Waals surface area contributed by atoms with Crippen LogP contribution in [0.25, 0.3) is 0 Å². The Morgan fingerprint density at radius 1 is 1.47 bits per heavy atom. The Labute approximate surface area is 93.4 Å². The van der Waals surface area contributed by atoms with E-state index in [9.17, 15) is 0 Å². The van der Waals surface area contributed by atoms with Crippen LogP contribution in [0.15, 0.2) is 18.2 Å². The molecule has 0 bridgehead atoms. The molecule has 1 aliphatic heterocycles. The average molecular weight is 220 g/mol. The number of anilines is 1. The molecule has 0 radical (unpaired) electrons. The first kappa shape index (κ1) is 10.0. The topological polar surface area (TPSA) is 50.9 Å². The van der Waals surface area contributed by atoms with Crippen molar-refractivity contribution in [2.75, 3.05) is 11.4 Å². The smallest absolute Gasteiger partial charge is 0.101 e. The minimum Gasteiger partial charge on any atom is -0.330 e. The van der Waals surface area contributed by atoms with Gasteiger partial charge >= 0.3 is 0 Å². The van der Waals surface area contributed by atoms with Gasteiger partial charge in [-0.05, 0) is 24.6 Å². The van der Waals surface area contributed by atoms with Crippen LogP contribution in [0.2, 0.25) is 5.02 Å². The van der Waals surface area contributed by atoms with Gasteiger partial charge in [0.1, 0.15) is 11.9 Å². The second-order valence-corrected chi connectivity index (χ2v) is 3.89. The van der Waals surface area contributed by atoms with Crippen molar-refractivity contribution in [2.24, 2.45) is 0 Å². The Morgan fingerprint density at radius 2 is 2.27 bits per heavy atom. The van der Waals surface area contributed by atoms with Crippen LogP contribution in [0.3, 0.4) is 0 Å². The summed E-state index contributed by atoms with van der Waals surface area (Å²) in [5.41, 5.74) is 1.38. The molecule has 1 saturated heterocycles. The van der Waals surface area contributed by atoms with Gasteiger partial charge in [-0.15, -0.1) is 0 Å². The summed E-state index contributed by atoms with van der Waals surface area (Å²) in [6, 6.07) is 7.31. The first-order valence-corrected chi connectivity index (χ1v) is 5.15. The predicted molar refractivity (Wildman–Crippen MR) is 60.5 cm³/mol. The van der Waals surface area contributed by atoms with E-state index in [1.165, 1.54) is 0 Å². The van der Waals surface area contributed by atoms with Gasteiger partial charge in [0, 0.05) is 18.7 Å². The molecule has 0 atom stereocenters. The molecule has 0 aromatic heterocycles. The van der Waals surface area contributed by atoms with Crippen LogP contribution in [0.5, 0.6) is 0 Å². The molecular weight excluding hydrogens is 210 g/mol. The van der Waals surface area contributed by atoms with Crippen molar-refractivity contribution in [3.8, 4) is 6.07 Å². The summed E-state index contributed by atoms with van der Waals surface area (Å²) in [7, 11) is 0. The minimum atomic E-state index is 0.453. The summed E-state index contributed by atoms with van der Waals surface area (Å²) in [5, 5.41) is 16.9. The van der Waals surface area contributed by atoms with Crippen LogP contribution < -0.4 is 4.90 Å². The zero-order chi connectivity index (χ0) is 10.8. The van der Waals surface area contributed by atoms with E-state index in [0.717, 1.165) is 25.1 Å². The normalized spacial score (nSPS) is 15.5. The van der Waals surface area contributed by atoms with Crippen molar-refractivity contribution >= 4 is 23.1 Å². The van der Waals surface area contributed by atoms with E-state index in [-0.39, 0.29) is 0 Å². The number of amidine groups is 1. The van der Waals surface area contributed by atoms with Gasteiger partial charge in [0.15, 0.2) is 0 Å². The molecule has 1 heterocycles. The van der Waals surface area contributed by atoms with E-state index in [4.69, 9.17) is 22.3 Å². The second kappa shape index (κ2) is 3.92. The molecule has 0 amide bonds. The fourth-order valence-corrected chi connectivity index (χ4v) is 1.94. The third-order valence-corrected chi connectivity index (χ3v) is 2.82.